The molecule has 0 atom stereocenters. The quantitative estimate of drug-likeness (QED) is 0.621. The molecular formula is C16H18O5S. The number of sulfone groups is 1. The third-order valence-electron chi connectivity index (χ3n) is 3.70. The Hall–Kier alpha value is -1.82. The molecule has 118 valence electrons. The van der Waals surface area contributed by atoms with Gasteiger partial charge >= 0.3 is 0 Å². The summed E-state index contributed by atoms with van der Waals surface area (Å²) < 4.78 is 23.1. The molecule has 5 nitrogen and oxygen atoms in total. The van der Waals surface area contributed by atoms with Crippen molar-refractivity contribution in [2.75, 3.05) is 6.26 Å². The Bertz CT molecular complexity index is 730. The van der Waals surface area contributed by atoms with Gasteiger partial charge in [-0.25, -0.2) is 8.42 Å². The first-order valence-corrected chi connectivity index (χ1v) is 9.12. The minimum atomic E-state index is -3.33. The lowest BCUT2D eigenvalue weighted by Gasteiger charge is -2.19. The van der Waals surface area contributed by atoms with Gasteiger partial charge in [-0.05, 0) is 18.9 Å². The lowest BCUT2D eigenvalue weighted by atomic mass is 9.81. The van der Waals surface area contributed by atoms with Crippen LogP contribution in [-0.2, 0) is 25.2 Å². The van der Waals surface area contributed by atoms with Crippen LogP contribution in [0.4, 0.5) is 0 Å². The molecule has 1 saturated carbocycles. The molecule has 0 heterocycles. The Morgan fingerprint density at radius 2 is 1.77 bits per heavy atom. The summed E-state index contributed by atoms with van der Waals surface area (Å²) in [5, 5.41) is 0. The fourth-order valence-corrected chi connectivity index (χ4v) is 3.52. The molecule has 2 rings (SSSR count). The second-order valence-corrected chi connectivity index (χ2v) is 7.95. The van der Waals surface area contributed by atoms with Crippen molar-refractivity contribution in [3.8, 4) is 0 Å². The number of hydrogen-bond acceptors (Lipinski definition) is 5. The van der Waals surface area contributed by atoms with Gasteiger partial charge in [-0.15, -0.1) is 0 Å². The highest BCUT2D eigenvalue weighted by Gasteiger charge is 2.37. The van der Waals surface area contributed by atoms with Crippen molar-refractivity contribution in [1.29, 1.82) is 0 Å². The standard InChI is InChI=1S/C16H18O5S/c1-10-6-7-12(11(8-10)9-22(2,20)21)16(19)15-13(17)4-3-5-14(15)18/h6-8,15H,3-5,9H2,1-2H3. The van der Waals surface area contributed by atoms with E-state index in [9.17, 15) is 22.8 Å². The number of benzene rings is 1. The van der Waals surface area contributed by atoms with Crippen LogP contribution >= 0.6 is 0 Å². The van der Waals surface area contributed by atoms with E-state index >= 15 is 0 Å². The largest absolute Gasteiger partial charge is 0.298 e. The highest BCUT2D eigenvalue weighted by Crippen LogP contribution is 2.24. The van der Waals surface area contributed by atoms with Crippen LogP contribution in [0.25, 0.3) is 0 Å². The van der Waals surface area contributed by atoms with Crippen molar-refractivity contribution >= 4 is 27.2 Å². The van der Waals surface area contributed by atoms with Gasteiger partial charge < -0.3 is 0 Å². The van der Waals surface area contributed by atoms with Gasteiger partial charge in [-0.2, -0.15) is 0 Å². The van der Waals surface area contributed by atoms with Crippen LogP contribution in [0.3, 0.4) is 0 Å². The van der Waals surface area contributed by atoms with Gasteiger partial charge in [0.2, 0.25) is 0 Å². The monoisotopic (exact) mass is 322 g/mol. The number of Topliss-reactive ketones (excluding diaryl/α,β-unsaturated/α-hetero) is 3. The average molecular weight is 322 g/mol. The maximum absolute atomic E-state index is 12.6. The van der Waals surface area contributed by atoms with E-state index in [0.717, 1.165) is 11.8 Å². The molecule has 1 aliphatic carbocycles. The topological polar surface area (TPSA) is 85.3 Å². The van der Waals surface area contributed by atoms with Gasteiger partial charge in [-0.3, -0.25) is 14.4 Å². The second kappa shape index (κ2) is 6.12. The van der Waals surface area contributed by atoms with Gasteiger partial charge in [0, 0.05) is 24.7 Å². The maximum Gasteiger partial charge on any atom is 0.181 e. The van der Waals surface area contributed by atoms with E-state index in [1.54, 1.807) is 19.1 Å². The zero-order valence-corrected chi connectivity index (χ0v) is 13.4. The number of aryl methyl sites for hydroxylation is 1. The highest BCUT2D eigenvalue weighted by molar-refractivity contribution is 7.89. The molecule has 0 N–H and O–H groups in total. The molecule has 0 radical (unpaired) electrons. The van der Waals surface area contributed by atoms with Crippen LogP contribution in [0.5, 0.6) is 0 Å². The molecule has 6 heteroatoms. The normalized spacial score (nSPS) is 16.8. The molecule has 0 aromatic heterocycles. The first-order chi connectivity index (χ1) is 10.2. The molecule has 1 aromatic rings. The van der Waals surface area contributed by atoms with E-state index in [1.165, 1.54) is 6.07 Å². The minimum Gasteiger partial charge on any atom is -0.298 e. The van der Waals surface area contributed by atoms with Gasteiger partial charge in [0.05, 0.1) is 5.75 Å². The smallest absolute Gasteiger partial charge is 0.181 e. The third kappa shape index (κ3) is 3.68. The number of hydrogen-bond donors (Lipinski definition) is 0. The molecule has 22 heavy (non-hydrogen) atoms. The third-order valence-corrected chi connectivity index (χ3v) is 4.53. The average Bonchev–Trinajstić information content (AvgIpc) is 2.36. The van der Waals surface area contributed by atoms with Gasteiger partial charge in [0.1, 0.15) is 5.92 Å². The van der Waals surface area contributed by atoms with E-state index in [2.05, 4.69) is 0 Å². The zero-order chi connectivity index (χ0) is 16.5. The fraction of sp³-hybridized carbons (Fsp3) is 0.438. The summed E-state index contributed by atoms with van der Waals surface area (Å²) >= 11 is 0. The van der Waals surface area contributed by atoms with Crippen molar-refractivity contribution in [1.82, 2.24) is 0 Å². The molecule has 1 aliphatic rings. The molecule has 0 unspecified atom stereocenters. The summed E-state index contributed by atoms with van der Waals surface area (Å²) in [5.74, 6) is -2.87. The molecule has 0 saturated heterocycles. The molecule has 0 bridgehead atoms. The van der Waals surface area contributed by atoms with Crippen molar-refractivity contribution in [2.45, 2.75) is 31.9 Å². The Balaban J connectivity index is 2.45. The Kier molecular flexibility index (Phi) is 4.60. The molecule has 1 aromatic carbocycles. The molecule has 0 aliphatic heterocycles. The Morgan fingerprint density at radius 3 is 2.32 bits per heavy atom. The number of rotatable bonds is 4. The van der Waals surface area contributed by atoms with Gasteiger partial charge in [0.25, 0.3) is 0 Å². The van der Waals surface area contributed by atoms with E-state index in [4.69, 9.17) is 0 Å². The second-order valence-electron chi connectivity index (χ2n) is 5.81. The molecule has 0 spiro atoms. The SMILES string of the molecule is Cc1ccc(C(=O)C2C(=O)CCCC2=O)c(CS(C)(=O)=O)c1. The van der Waals surface area contributed by atoms with E-state index < -0.39 is 21.5 Å². The number of carbonyl (C=O) groups excluding carboxylic acids is 3. The summed E-state index contributed by atoms with van der Waals surface area (Å²) in [6.07, 6.45) is 2.00. The molecular weight excluding hydrogens is 304 g/mol. The van der Waals surface area contributed by atoms with E-state index in [0.29, 0.717) is 12.0 Å². The maximum atomic E-state index is 12.6. The van der Waals surface area contributed by atoms with E-state index in [1.807, 2.05) is 0 Å². The van der Waals surface area contributed by atoms with Crippen LogP contribution in [0.15, 0.2) is 18.2 Å². The van der Waals surface area contributed by atoms with Crippen molar-refractivity contribution in [3.05, 3.63) is 34.9 Å². The minimum absolute atomic E-state index is 0.157. The summed E-state index contributed by atoms with van der Waals surface area (Å²) in [6, 6.07) is 4.80. The van der Waals surface area contributed by atoms with Gasteiger partial charge in [-0.1, -0.05) is 23.8 Å². The molecule has 1 fully saturated rings. The van der Waals surface area contributed by atoms with E-state index in [-0.39, 0.29) is 35.7 Å². The summed E-state index contributed by atoms with van der Waals surface area (Å²) in [6.45, 7) is 1.79. The first-order valence-electron chi connectivity index (χ1n) is 7.06. The molecule has 0 amide bonds. The van der Waals surface area contributed by atoms with Crippen LogP contribution in [-0.4, -0.2) is 32.0 Å². The van der Waals surface area contributed by atoms with Crippen LogP contribution in [0.1, 0.15) is 40.7 Å². The summed E-state index contributed by atoms with van der Waals surface area (Å²) in [7, 11) is -3.33. The predicted octanol–water partition coefficient (Wildman–Crippen LogP) is 1.66. The number of ketones is 3. The fourth-order valence-electron chi connectivity index (χ4n) is 2.72. The van der Waals surface area contributed by atoms with Crippen LogP contribution in [0, 0.1) is 12.8 Å². The highest BCUT2D eigenvalue weighted by atomic mass is 32.2. The Morgan fingerprint density at radius 1 is 1.18 bits per heavy atom. The Labute approximate surface area is 129 Å². The van der Waals surface area contributed by atoms with Crippen molar-refractivity contribution in [2.24, 2.45) is 5.92 Å². The summed E-state index contributed by atoms with van der Waals surface area (Å²) in [5.41, 5.74) is 1.32. The van der Waals surface area contributed by atoms with Crippen LogP contribution < -0.4 is 0 Å². The number of carbonyl (C=O) groups is 3. The van der Waals surface area contributed by atoms with Crippen molar-refractivity contribution < 1.29 is 22.8 Å². The lowest BCUT2D eigenvalue weighted by Crippen LogP contribution is -2.35. The van der Waals surface area contributed by atoms with Crippen LogP contribution in [0.2, 0.25) is 0 Å². The lowest BCUT2D eigenvalue weighted by molar-refractivity contribution is -0.133. The van der Waals surface area contributed by atoms with Gasteiger partial charge in [0.15, 0.2) is 27.2 Å². The predicted molar refractivity (Wildman–Crippen MR) is 81.4 cm³/mol. The first kappa shape index (κ1) is 16.5. The van der Waals surface area contributed by atoms with Crippen molar-refractivity contribution in [3.63, 3.8) is 0 Å². The summed E-state index contributed by atoms with van der Waals surface area (Å²) in [4.78, 5) is 36.4. The zero-order valence-electron chi connectivity index (χ0n) is 12.6.